The lowest BCUT2D eigenvalue weighted by Gasteiger charge is -2.41. The minimum Gasteiger partial charge on any atom is -0.332 e. The fraction of sp³-hybridized carbons (Fsp3) is 0.619. The molecule has 2 aromatic rings. The van der Waals surface area contributed by atoms with E-state index in [9.17, 15) is 22.4 Å². The molecule has 3 unspecified atom stereocenters. The molecule has 4 heterocycles. The SMILES string of the molecule is O=C(CN1CC2CCC(C1)N2c1ncc(F)cn1)C1CCc2c(cnn2CC(F)(F)F)C1. The van der Waals surface area contributed by atoms with Gasteiger partial charge in [0.25, 0.3) is 0 Å². The summed E-state index contributed by atoms with van der Waals surface area (Å²) in [6.07, 6.45) is 2.88. The molecule has 172 valence electrons. The summed E-state index contributed by atoms with van der Waals surface area (Å²) in [6.45, 7) is 0.669. The van der Waals surface area contributed by atoms with Gasteiger partial charge in [-0.2, -0.15) is 18.3 Å². The second-order valence-corrected chi connectivity index (χ2v) is 8.98. The lowest BCUT2D eigenvalue weighted by atomic mass is 9.84. The monoisotopic (exact) mass is 452 g/mol. The van der Waals surface area contributed by atoms with E-state index in [0.29, 0.717) is 50.5 Å². The molecule has 0 spiro atoms. The van der Waals surface area contributed by atoms with Crippen LogP contribution in [0.5, 0.6) is 0 Å². The van der Waals surface area contributed by atoms with Crippen LogP contribution >= 0.6 is 0 Å². The highest BCUT2D eigenvalue weighted by Gasteiger charge is 2.42. The van der Waals surface area contributed by atoms with E-state index in [0.717, 1.165) is 23.1 Å². The molecule has 0 amide bonds. The minimum absolute atomic E-state index is 0.130. The van der Waals surface area contributed by atoms with Crippen LogP contribution in [-0.2, 0) is 24.2 Å². The zero-order chi connectivity index (χ0) is 22.5. The molecule has 5 rings (SSSR count). The average molecular weight is 452 g/mol. The Kier molecular flexibility index (Phi) is 5.39. The number of likely N-dealkylation sites (tertiary alicyclic amines) is 1. The number of alkyl halides is 3. The van der Waals surface area contributed by atoms with Gasteiger partial charge in [-0.05, 0) is 37.7 Å². The highest BCUT2D eigenvalue weighted by molar-refractivity contribution is 5.83. The van der Waals surface area contributed by atoms with E-state index in [2.05, 4.69) is 24.9 Å². The molecule has 0 aromatic carbocycles. The predicted octanol–water partition coefficient (Wildman–Crippen LogP) is 2.40. The van der Waals surface area contributed by atoms with Gasteiger partial charge in [-0.15, -0.1) is 0 Å². The summed E-state index contributed by atoms with van der Waals surface area (Å²) in [5, 5.41) is 3.90. The second kappa shape index (κ2) is 8.09. The maximum Gasteiger partial charge on any atom is 0.408 e. The van der Waals surface area contributed by atoms with Crippen molar-refractivity contribution in [1.29, 1.82) is 0 Å². The van der Waals surface area contributed by atoms with E-state index in [-0.39, 0.29) is 23.8 Å². The van der Waals surface area contributed by atoms with Crippen molar-refractivity contribution in [2.24, 2.45) is 5.92 Å². The van der Waals surface area contributed by atoms with Crippen LogP contribution in [0, 0.1) is 11.7 Å². The predicted molar refractivity (Wildman–Crippen MR) is 107 cm³/mol. The third-order valence-electron chi connectivity index (χ3n) is 6.79. The Bertz CT molecular complexity index is 977. The Morgan fingerprint density at radius 3 is 2.41 bits per heavy atom. The molecule has 32 heavy (non-hydrogen) atoms. The molecule has 3 atom stereocenters. The van der Waals surface area contributed by atoms with Crippen LogP contribution in [0.25, 0.3) is 0 Å². The van der Waals surface area contributed by atoms with Crippen molar-refractivity contribution in [3.05, 3.63) is 35.7 Å². The van der Waals surface area contributed by atoms with Crippen LogP contribution < -0.4 is 4.90 Å². The Balaban J connectivity index is 1.19. The molecule has 7 nitrogen and oxygen atoms in total. The molecule has 2 aromatic heterocycles. The van der Waals surface area contributed by atoms with Crippen molar-refractivity contribution in [2.45, 2.75) is 56.9 Å². The van der Waals surface area contributed by atoms with Gasteiger partial charge in [-0.1, -0.05) is 0 Å². The summed E-state index contributed by atoms with van der Waals surface area (Å²) < 4.78 is 52.4. The topological polar surface area (TPSA) is 67.2 Å². The molecular formula is C21H24F4N6O. The number of aromatic nitrogens is 4. The number of carbonyl (C=O) groups is 1. The lowest BCUT2D eigenvalue weighted by molar-refractivity contribution is -0.143. The van der Waals surface area contributed by atoms with Gasteiger partial charge in [0, 0.05) is 36.8 Å². The summed E-state index contributed by atoms with van der Waals surface area (Å²) in [5.41, 5.74) is 1.34. The first kappa shape index (κ1) is 21.3. The van der Waals surface area contributed by atoms with Crippen LogP contribution in [-0.4, -0.2) is 68.3 Å². The van der Waals surface area contributed by atoms with Crippen molar-refractivity contribution in [3.63, 3.8) is 0 Å². The third-order valence-corrected chi connectivity index (χ3v) is 6.79. The van der Waals surface area contributed by atoms with Crippen molar-refractivity contribution in [3.8, 4) is 0 Å². The maximum atomic E-state index is 13.2. The fourth-order valence-electron chi connectivity index (χ4n) is 5.40. The number of halogens is 4. The van der Waals surface area contributed by atoms with Gasteiger partial charge in [0.15, 0.2) is 5.82 Å². The van der Waals surface area contributed by atoms with Crippen molar-refractivity contribution < 1.29 is 22.4 Å². The summed E-state index contributed by atoms with van der Waals surface area (Å²) >= 11 is 0. The molecule has 1 aliphatic carbocycles. The first-order chi connectivity index (χ1) is 15.3. The van der Waals surface area contributed by atoms with Crippen LogP contribution in [0.15, 0.2) is 18.6 Å². The normalized spacial score (nSPS) is 25.8. The molecule has 0 radical (unpaired) electrons. The van der Waals surface area contributed by atoms with Gasteiger partial charge in [-0.25, -0.2) is 14.4 Å². The van der Waals surface area contributed by atoms with E-state index < -0.39 is 18.5 Å². The molecule has 2 fully saturated rings. The number of rotatable bonds is 5. The quantitative estimate of drug-likeness (QED) is 0.650. The van der Waals surface area contributed by atoms with Crippen LogP contribution in [0.4, 0.5) is 23.5 Å². The zero-order valence-corrected chi connectivity index (χ0v) is 17.4. The number of hydrogen-bond donors (Lipinski definition) is 0. The molecule has 3 aliphatic rings. The van der Waals surface area contributed by atoms with Gasteiger partial charge < -0.3 is 4.90 Å². The van der Waals surface area contributed by atoms with Crippen LogP contribution in [0.3, 0.4) is 0 Å². The Labute approximate surface area is 182 Å². The number of ketones is 1. The van der Waals surface area contributed by atoms with Gasteiger partial charge in [0.1, 0.15) is 12.3 Å². The van der Waals surface area contributed by atoms with E-state index in [1.807, 2.05) is 0 Å². The highest BCUT2D eigenvalue weighted by Crippen LogP contribution is 2.34. The van der Waals surface area contributed by atoms with Gasteiger partial charge in [-0.3, -0.25) is 14.4 Å². The zero-order valence-electron chi connectivity index (χ0n) is 17.4. The number of Topliss-reactive ketones (excluding diaryl/α,β-unsaturated/α-hetero) is 1. The van der Waals surface area contributed by atoms with Crippen molar-refractivity contribution >= 4 is 11.7 Å². The second-order valence-electron chi connectivity index (χ2n) is 8.98. The molecular weight excluding hydrogens is 428 g/mol. The minimum atomic E-state index is -4.31. The van der Waals surface area contributed by atoms with Gasteiger partial charge in [0.2, 0.25) is 5.95 Å². The molecule has 0 N–H and O–H groups in total. The Morgan fingerprint density at radius 2 is 1.75 bits per heavy atom. The van der Waals surface area contributed by atoms with Crippen molar-refractivity contribution in [1.82, 2.24) is 24.6 Å². The number of piperazine rings is 1. The molecule has 2 aliphatic heterocycles. The number of anilines is 1. The lowest BCUT2D eigenvalue weighted by Crippen LogP contribution is -2.55. The largest absolute Gasteiger partial charge is 0.408 e. The van der Waals surface area contributed by atoms with E-state index in [4.69, 9.17) is 0 Å². The summed E-state index contributed by atoms with van der Waals surface area (Å²) in [7, 11) is 0. The van der Waals surface area contributed by atoms with E-state index in [1.165, 1.54) is 18.6 Å². The van der Waals surface area contributed by atoms with Crippen LogP contribution in [0.1, 0.15) is 30.5 Å². The Hall–Kier alpha value is -2.56. The van der Waals surface area contributed by atoms with Crippen LogP contribution in [0.2, 0.25) is 0 Å². The summed E-state index contributed by atoms with van der Waals surface area (Å²) in [6, 6.07) is 0.371. The number of fused-ring (bicyclic) bond motifs is 3. The molecule has 11 heteroatoms. The highest BCUT2D eigenvalue weighted by atomic mass is 19.4. The van der Waals surface area contributed by atoms with Gasteiger partial charge in [0.05, 0.1) is 25.1 Å². The molecule has 0 saturated carbocycles. The molecule has 2 bridgehead atoms. The van der Waals surface area contributed by atoms with E-state index in [1.54, 1.807) is 0 Å². The number of carbonyl (C=O) groups excluding carboxylic acids is 1. The summed E-state index contributed by atoms with van der Waals surface area (Å²) in [5.74, 6) is -0.00210. The smallest absolute Gasteiger partial charge is 0.332 e. The third kappa shape index (κ3) is 4.22. The maximum absolute atomic E-state index is 13.2. The molecule has 2 saturated heterocycles. The average Bonchev–Trinajstić information content (AvgIpc) is 3.25. The van der Waals surface area contributed by atoms with Crippen molar-refractivity contribution in [2.75, 3.05) is 24.5 Å². The standard InChI is InChI=1S/C21H24F4N6O/c22-15-7-26-20(27-8-15)31-16-2-3-17(31)10-29(9-16)11-19(32)13-1-4-18-14(5-13)6-28-30(18)12-21(23,24)25/h6-8,13,16-17H,1-5,9-12H2. The number of nitrogens with zero attached hydrogens (tertiary/aromatic N) is 6. The number of hydrogen-bond acceptors (Lipinski definition) is 6. The van der Waals surface area contributed by atoms with Gasteiger partial charge >= 0.3 is 6.18 Å². The van der Waals surface area contributed by atoms with E-state index >= 15 is 0 Å². The Morgan fingerprint density at radius 1 is 1.06 bits per heavy atom. The summed E-state index contributed by atoms with van der Waals surface area (Å²) in [4.78, 5) is 25.6. The fourth-order valence-corrected chi connectivity index (χ4v) is 5.40. The first-order valence-corrected chi connectivity index (χ1v) is 10.9. The first-order valence-electron chi connectivity index (χ1n) is 10.9.